The quantitative estimate of drug-likeness (QED) is 0.711. The van der Waals surface area contributed by atoms with Crippen molar-refractivity contribution in [3.63, 3.8) is 0 Å². The second-order valence-corrected chi connectivity index (χ2v) is 4.05. The second kappa shape index (κ2) is 3.80. The van der Waals surface area contributed by atoms with E-state index >= 15 is 0 Å². The van der Waals surface area contributed by atoms with Crippen LogP contribution in [0, 0.1) is 5.82 Å². The third-order valence-electron chi connectivity index (χ3n) is 2.94. The molecule has 3 rings (SSSR count). The Labute approximate surface area is 102 Å². The predicted molar refractivity (Wildman–Crippen MR) is 66.7 cm³/mol. The summed E-state index contributed by atoms with van der Waals surface area (Å²) in [7, 11) is 1.66. The Kier molecular flexibility index (Phi) is 2.26. The van der Waals surface area contributed by atoms with Crippen LogP contribution >= 0.6 is 0 Å². The zero-order valence-electron chi connectivity index (χ0n) is 9.64. The SMILES string of the molecule is Cn1c(=O)[nH]c2c(-c3ccc(F)cc3)ccnc21. The van der Waals surface area contributed by atoms with Gasteiger partial charge in [0.05, 0.1) is 5.52 Å². The molecular formula is C13H10FN3O. The van der Waals surface area contributed by atoms with E-state index in [4.69, 9.17) is 0 Å². The number of nitrogens with zero attached hydrogens (tertiary/aromatic N) is 2. The molecule has 3 aromatic rings. The molecule has 0 aliphatic heterocycles. The molecule has 0 bridgehead atoms. The minimum atomic E-state index is -0.286. The maximum absolute atomic E-state index is 12.9. The van der Waals surface area contributed by atoms with Crippen molar-refractivity contribution in [3.05, 3.63) is 52.8 Å². The van der Waals surface area contributed by atoms with Gasteiger partial charge in [0.25, 0.3) is 0 Å². The van der Waals surface area contributed by atoms with Crippen LogP contribution in [0.15, 0.2) is 41.3 Å². The van der Waals surface area contributed by atoms with Gasteiger partial charge in [-0.1, -0.05) is 12.1 Å². The van der Waals surface area contributed by atoms with Crippen LogP contribution in [0.2, 0.25) is 0 Å². The first-order valence-electron chi connectivity index (χ1n) is 5.46. The number of hydrogen-bond donors (Lipinski definition) is 1. The number of aromatic nitrogens is 3. The topological polar surface area (TPSA) is 50.7 Å². The maximum atomic E-state index is 12.9. The molecule has 4 nitrogen and oxygen atoms in total. The number of pyridine rings is 1. The normalized spacial score (nSPS) is 11.0. The minimum absolute atomic E-state index is 0.216. The number of aryl methyl sites for hydroxylation is 1. The van der Waals surface area contributed by atoms with Crippen molar-refractivity contribution in [2.45, 2.75) is 0 Å². The van der Waals surface area contributed by atoms with Gasteiger partial charge in [-0.25, -0.2) is 14.2 Å². The van der Waals surface area contributed by atoms with Crippen molar-refractivity contribution >= 4 is 11.2 Å². The summed E-state index contributed by atoms with van der Waals surface area (Å²) in [5.41, 5.74) is 2.70. The molecule has 2 heterocycles. The van der Waals surface area contributed by atoms with E-state index in [1.165, 1.54) is 16.7 Å². The van der Waals surface area contributed by atoms with Crippen molar-refractivity contribution in [3.8, 4) is 11.1 Å². The van der Waals surface area contributed by atoms with Crippen LogP contribution in [0.25, 0.3) is 22.3 Å². The summed E-state index contributed by atoms with van der Waals surface area (Å²) < 4.78 is 14.4. The lowest BCUT2D eigenvalue weighted by atomic mass is 10.1. The van der Waals surface area contributed by atoms with Gasteiger partial charge in [0.1, 0.15) is 5.82 Å². The monoisotopic (exact) mass is 243 g/mol. The number of benzene rings is 1. The number of aromatic amines is 1. The molecule has 0 amide bonds. The van der Waals surface area contributed by atoms with Gasteiger partial charge >= 0.3 is 5.69 Å². The molecular weight excluding hydrogens is 233 g/mol. The van der Waals surface area contributed by atoms with Crippen LogP contribution in [0.3, 0.4) is 0 Å². The summed E-state index contributed by atoms with van der Waals surface area (Å²) in [6.07, 6.45) is 1.63. The molecule has 0 saturated carbocycles. The smallest absolute Gasteiger partial charge is 0.304 e. The lowest BCUT2D eigenvalue weighted by Crippen LogP contribution is -2.12. The lowest BCUT2D eigenvalue weighted by molar-refractivity contribution is 0.628. The van der Waals surface area contributed by atoms with Gasteiger partial charge in [-0.15, -0.1) is 0 Å². The zero-order chi connectivity index (χ0) is 12.7. The molecule has 90 valence electrons. The van der Waals surface area contributed by atoms with E-state index in [1.54, 1.807) is 31.4 Å². The molecule has 1 N–H and O–H groups in total. The number of imidazole rings is 1. The summed E-state index contributed by atoms with van der Waals surface area (Å²) in [5.74, 6) is -0.286. The van der Waals surface area contributed by atoms with Gasteiger partial charge in [0.2, 0.25) is 0 Å². The van der Waals surface area contributed by atoms with Gasteiger partial charge in [0, 0.05) is 18.8 Å². The molecule has 18 heavy (non-hydrogen) atoms. The van der Waals surface area contributed by atoms with E-state index in [0.717, 1.165) is 11.1 Å². The number of nitrogens with one attached hydrogen (secondary N) is 1. The van der Waals surface area contributed by atoms with Crippen LogP contribution in [-0.2, 0) is 7.05 Å². The van der Waals surface area contributed by atoms with Crippen LogP contribution in [0.5, 0.6) is 0 Å². The first kappa shape index (κ1) is 10.7. The Morgan fingerprint density at radius 1 is 1.22 bits per heavy atom. The number of fused-ring (bicyclic) bond motifs is 1. The molecule has 0 saturated heterocycles. The van der Waals surface area contributed by atoms with Crippen molar-refractivity contribution in [2.75, 3.05) is 0 Å². The standard InChI is InChI=1S/C13H10FN3O/c1-17-12-11(16-13(17)18)10(6-7-15-12)8-2-4-9(14)5-3-8/h2-7H,1H3,(H,16,18). The molecule has 0 unspecified atom stereocenters. The lowest BCUT2D eigenvalue weighted by Gasteiger charge is -2.02. The molecule has 0 spiro atoms. The van der Waals surface area contributed by atoms with Gasteiger partial charge in [0.15, 0.2) is 5.65 Å². The highest BCUT2D eigenvalue weighted by atomic mass is 19.1. The Balaban J connectivity index is 2.32. The molecule has 0 fully saturated rings. The van der Waals surface area contributed by atoms with Crippen LogP contribution in [-0.4, -0.2) is 14.5 Å². The summed E-state index contributed by atoms with van der Waals surface area (Å²) in [5, 5.41) is 0. The van der Waals surface area contributed by atoms with Crippen molar-refractivity contribution in [1.82, 2.24) is 14.5 Å². The number of H-pyrrole nitrogens is 1. The molecule has 1 aromatic carbocycles. The Morgan fingerprint density at radius 2 is 1.94 bits per heavy atom. The highest BCUT2D eigenvalue weighted by Gasteiger charge is 2.10. The van der Waals surface area contributed by atoms with E-state index in [-0.39, 0.29) is 11.5 Å². The molecule has 0 atom stereocenters. The largest absolute Gasteiger partial charge is 0.327 e. The van der Waals surface area contributed by atoms with Gasteiger partial charge in [-0.3, -0.25) is 4.57 Å². The maximum Gasteiger partial charge on any atom is 0.327 e. The summed E-state index contributed by atoms with van der Waals surface area (Å²) in [6.45, 7) is 0. The number of halogens is 1. The van der Waals surface area contributed by atoms with E-state index in [2.05, 4.69) is 9.97 Å². The van der Waals surface area contributed by atoms with Crippen LogP contribution in [0.4, 0.5) is 4.39 Å². The summed E-state index contributed by atoms with van der Waals surface area (Å²) in [4.78, 5) is 18.5. The molecule has 5 heteroatoms. The Morgan fingerprint density at radius 3 is 2.67 bits per heavy atom. The highest BCUT2D eigenvalue weighted by molar-refractivity contribution is 5.89. The van der Waals surface area contributed by atoms with E-state index in [0.29, 0.717) is 11.2 Å². The van der Waals surface area contributed by atoms with Crippen molar-refractivity contribution in [2.24, 2.45) is 7.05 Å². The fourth-order valence-corrected chi connectivity index (χ4v) is 1.99. The predicted octanol–water partition coefficient (Wildman–Crippen LogP) is 2.07. The first-order chi connectivity index (χ1) is 8.66. The van der Waals surface area contributed by atoms with Gasteiger partial charge < -0.3 is 4.98 Å². The Bertz CT molecular complexity index is 771. The third-order valence-corrected chi connectivity index (χ3v) is 2.94. The third kappa shape index (κ3) is 1.52. The summed E-state index contributed by atoms with van der Waals surface area (Å²) in [6, 6.07) is 7.93. The van der Waals surface area contributed by atoms with E-state index in [9.17, 15) is 9.18 Å². The summed E-state index contributed by atoms with van der Waals surface area (Å²) >= 11 is 0. The van der Waals surface area contributed by atoms with E-state index < -0.39 is 0 Å². The van der Waals surface area contributed by atoms with Crippen molar-refractivity contribution < 1.29 is 4.39 Å². The molecule has 0 radical (unpaired) electrons. The molecule has 0 aliphatic rings. The average molecular weight is 243 g/mol. The second-order valence-electron chi connectivity index (χ2n) is 4.05. The molecule has 0 aliphatic carbocycles. The number of hydrogen-bond acceptors (Lipinski definition) is 2. The average Bonchev–Trinajstić information content (AvgIpc) is 2.67. The van der Waals surface area contributed by atoms with Gasteiger partial charge in [-0.2, -0.15) is 0 Å². The van der Waals surface area contributed by atoms with Crippen molar-refractivity contribution in [1.29, 1.82) is 0 Å². The van der Waals surface area contributed by atoms with Crippen LogP contribution in [0.1, 0.15) is 0 Å². The van der Waals surface area contributed by atoms with Crippen LogP contribution < -0.4 is 5.69 Å². The minimum Gasteiger partial charge on any atom is -0.304 e. The molecule has 2 aromatic heterocycles. The highest BCUT2D eigenvalue weighted by Crippen LogP contribution is 2.25. The van der Waals surface area contributed by atoms with E-state index in [1.807, 2.05) is 0 Å². The zero-order valence-corrected chi connectivity index (χ0v) is 9.64. The Hall–Kier alpha value is -2.43. The fraction of sp³-hybridized carbons (Fsp3) is 0.0769. The fourth-order valence-electron chi connectivity index (χ4n) is 1.99. The first-order valence-corrected chi connectivity index (χ1v) is 5.46. The number of rotatable bonds is 1. The van der Waals surface area contributed by atoms with Gasteiger partial charge in [-0.05, 0) is 23.8 Å².